The van der Waals surface area contributed by atoms with Crippen molar-refractivity contribution in [3.8, 4) is 0 Å². The van der Waals surface area contributed by atoms with Gasteiger partial charge in [-0.1, -0.05) is 20.8 Å². The van der Waals surface area contributed by atoms with Crippen LogP contribution in [0.4, 0.5) is 0 Å². The predicted octanol–water partition coefficient (Wildman–Crippen LogP) is 1.49. The molecule has 2 heteroatoms. The Balaban J connectivity index is 3.36. The Bertz CT molecular complexity index is 83.7. The second kappa shape index (κ2) is 3.94. The first-order valence-electron chi connectivity index (χ1n) is 3.84. The van der Waals surface area contributed by atoms with E-state index in [2.05, 4.69) is 38.3 Å². The van der Waals surface area contributed by atoms with Crippen LogP contribution in [0.2, 0.25) is 0 Å². The van der Waals surface area contributed by atoms with Crippen molar-refractivity contribution >= 4 is 0 Å². The standard InChI is InChI=1S/C8H20N2/c1-8(2,3)6-7-10(5)9-4/h9H,6-7H2,1-5H3. The van der Waals surface area contributed by atoms with Gasteiger partial charge in [0, 0.05) is 13.6 Å². The Hall–Kier alpha value is -0.0800. The fourth-order valence-electron chi connectivity index (χ4n) is 0.615. The van der Waals surface area contributed by atoms with Crippen LogP contribution in [-0.2, 0) is 0 Å². The molecule has 0 amide bonds. The number of nitrogens with one attached hydrogen (secondary N) is 1. The summed E-state index contributed by atoms with van der Waals surface area (Å²) >= 11 is 0. The second-order valence-corrected chi connectivity index (χ2v) is 3.96. The van der Waals surface area contributed by atoms with Gasteiger partial charge in [-0.15, -0.1) is 0 Å². The van der Waals surface area contributed by atoms with E-state index in [9.17, 15) is 0 Å². The molecule has 62 valence electrons. The Morgan fingerprint density at radius 1 is 1.30 bits per heavy atom. The van der Waals surface area contributed by atoms with E-state index in [-0.39, 0.29) is 0 Å². The predicted molar refractivity (Wildman–Crippen MR) is 45.8 cm³/mol. The van der Waals surface area contributed by atoms with Gasteiger partial charge in [-0.2, -0.15) is 0 Å². The SMILES string of the molecule is CNN(C)CCC(C)(C)C. The van der Waals surface area contributed by atoms with Gasteiger partial charge in [0.15, 0.2) is 0 Å². The maximum atomic E-state index is 3.07. The number of nitrogens with zero attached hydrogens (tertiary/aromatic N) is 1. The van der Waals surface area contributed by atoms with Crippen LogP contribution in [0.25, 0.3) is 0 Å². The molecule has 0 unspecified atom stereocenters. The zero-order chi connectivity index (χ0) is 8.20. The molecule has 0 saturated carbocycles. The molecule has 0 heterocycles. The van der Waals surface area contributed by atoms with Crippen molar-refractivity contribution in [1.82, 2.24) is 10.4 Å². The second-order valence-electron chi connectivity index (χ2n) is 3.96. The Kier molecular flexibility index (Phi) is 3.91. The first-order chi connectivity index (χ1) is 4.45. The summed E-state index contributed by atoms with van der Waals surface area (Å²) in [6, 6.07) is 0. The molecular weight excluding hydrogens is 124 g/mol. The minimum absolute atomic E-state index is 0.450. The fourth-order valence-corrected chi connectivity index (χ4v) is 0.615. The van der Waals surface area contributed by atoms with Gasteiger partial charge in [-0.05, 0) is 18.9 Å². The molecule has 0 fully saturated rings. The van der Waals surface area contributed by atoms with Gasteiger partial charge in [0.2, 0.25) is 0 Å². The monoisotopic (exact) mass is 144 g/mol. The van der Waals surface area contributed by atoms with Crippen LogP contribution in [0.5, 0.6) is 0 Å². The van der Waals surface area contributed by atoms with E-state index in [0.717, 1.165) is 6.54 Å². The topological polar surface area (TPSA) is 15.3 Å². The molecule has 0 rings (SSSR count). The van der Waals surface area contributed by atoms with Crippen molar-refractivity contribution in [2.45, 2.75) is 27.2 Å². The lowest BCUT2D eigenvalue weighted by Gasteiger charge is -2.22. The van der Waals surface area contributed by atoms with Crippen LogP contribution in [-0.4, -0.2) is 25.6 Å². The minimum atomic E-state index is 0.450. The van der Waals surface area contributed by atoms with Crippen molar-refractivity contribution in [2.24, 2.45) is 5.41 Å². The third-order valence-corrected chi connectivity index (χ3v) is 1.58. The summed E-state index contributed by atoms with van der Waals surface area (Å²) in [5.74, 6) is 0. The highest BCUT2D eigenvalue weighted by molar-refractivity contribution is 4.62. The first kappa shape index (κ1) is 9.92. The van der Waals surface area contributed by atoms with E-state index in [1.165, 1.54) is 6.42 Å². The molecule has 1 N–H and O–H groups in total. The first-order valence-corrected chi connectivity index (χ1v) is 3.84. The van der Waals surface area contributed by atoms with E-state index >= 15 is 0 Å². The zero-order valence-electron chi connectivity index (χ0n) is 7.86. The molecule has 2 nitrogen and oxygen atoms in total. The number of hydrazine groups is 1. The molecule has 0 spiro atoms. The van der Waals surface area contributed by atoms with Gasteiger partial charge in [0.25, 0.3) is 0 Å². The molecule has 0 aliphatic heterocycles. The minimum Gasteiger partial charge on any atom is -0.259 e. The zero-order valence-corrected chi connectivity index (χ0v) is 7.86. The van der Waals surface area contributed by atoms with Crippen LogP contribution in [0, 0.1) is 5.41 Å². The summed E-state index contributed by atoms with van der Waals surface area (Å²) in [6.07, 6.45) is 1.23. The van der Waals surface area contributed by atoms with Gasteiger partial charge in [0.05, 0.1) is 0 Å². The van der Waals surface area contributed by atoms with Crippen LogP contribution < -0.4 is 5.43 Å². The summed E-state index contributed by atoms with van der Waals surface area (Å²) in [5.41, 5.74) is 3.52. The van der Waals surface area contributed by atoms with Crippen LogP contribution in [0.1, 0.15) is 27.2 Å². The molecule has 0 radical (unpaired) electrons. The van der Waals surface area contributed by atoms with E-state index in [0.29, 0.717) is 5.41 Å². The van der Waals surface area contributed by atoms with Gasteiger partial charge in [0.1, 0.15) is 0 Å². The molecule has 0 atom stereocenters. The van der Waals surface area contributed by atoms with Gasteiger partial charge in [-0.3, -0.25) is 5.43 Å². The fraction of sp³-hybridized carbons (Fsp3) is 1.00. The maximum Gasteiger partial charge on any atom is 0.0132 e. The molecule has 0 aromatic carbocycles. The Morgan fingerprint density at radius 3 is 2.10 bits per heavy atom. The van der Waals surface area contributed by atoms with E-state index < -0.39 is 0 Å². The maximum absolute atomic E-state index is 3.07. The lowest BCUT2D eigenvalue weighted by molar-refractivity contribution is 0.216. The lowest BCUT2D eigenvalue weighted by Crippen LogP contribution is -2.33. The largest absolute Gasteiger partial charge is 0.259 e. The van der Waals surface area contributed by atoms with E-state index in [1.807, 2.05) is 7.05 Å². The van der Waals surface area contributed by atoms with Crippen molar-refractivity contribution in [2.75, 3.05) is 20.6 Å². The third kappa shape index (κ3) is 6.05. The van der Waals surface area contributed by atoms with Crippen LogP contribution >= 0.6 is 0 Å². The Morgan fingerprint density at radius 2 is 1.80 bits per heavy atom. The molecule has 0 bridgehead atoms. The van der Waals surface area contributed by atoms with Gasteiger partial charge < -0.3 is 0 Å². The van der Waals surface area contributed by atoms with Crippen LogP contribution in [0.3, 0.4) is 0 Å². The van der Waals surface area contributed by atoms with Crippen LogP contribution in [0.15, 0.2) is 0 Å². The molecule has 0 aromatic heterocycles. The molecule has 0 aliphatic carbocycles. The molecule has 0 aliphatic rings. The highest BCUT2D eigenvalue weighted by Gasteiger charge is 2.09. The van der Waals surface area contributed by atoms with Crippen molar-refractivity contribution in [1.29, 1.82) is 0 Å². The van der Waals surface area contributed by atoms with Crippen molar-refractivity contribution < 1.29 is 0 Å². The van der Waals surface area contributed by atoms with Gasteiger partial charge >= 0.3 is 0 Å². The summed E-state index contributed by atoms with van der Waals surface area (Å²) < 4.78 is 0. The van der Waals surface area contributed by atoms with E-state index in [4.69, 9.17) is 0 Å². The number of hydrogen-bond donors (Lipinski definition) is 1. The quantitative estimate of drug-likeness (QED) is 0.604. The normalized spacial score (nSPS) is 12.6. The molecule has 0 saturated heterocycles. The van der Waals surface area contributed by atoms with Crippen molar-refractivity contribution in [3.63, 3.8) is 0 Å². The van der Waals surface area contributed by atoms with Crippen molar-refractivity contribution in [3.05, 3.63) is 0 Å². The highest BCUT2D eigenvalue weighted by atomic mass is 15.5. The summed E-state index contributed by atoms with van der Waals surface area (Å²) in [5, 5.41) is 2.10. The molecule has 10 heavy (non-hydrogen) atoms. The Labute approximate surface area is 64.6 Å². The highest BCUT2D eigenvalue weighted by Crippen LogP contribution is 2.17. The number of hydrogen-bond acceptors (Lipinski definition) is 2. The molecular formula is C8H20N2. The smallest absolute Gasteiger partial charge is 0.0132 e. The third-order valence-electron chi connectivity index (χ3n) is 1.58. The van der Waals surface area contributed by atoms with E-state index in [1.54, 1.807) is 0 Å². The lowest BCUT2D eigenvalue weighted by atomic mass is 9.92. The summed E-state index contributed by atoms with van der Waals surface area (Å²) in [7, 11) is 4.01. The average Bonchev–Trinajstić information content (AvgIpc) is 1.81. The summed E-state index contributed by atoms with van der Waals surface area (Å²) in [4.78, 5) is 0. The molecule has 0 aromatic rings. The number of rotatable bonds is 3. The van der Waals surface area contributed by atoms with Gasteiger partial charge in [-0.25, -0.2) is 5.01 Å². The summed E-state index contributed by atoms with van der Waals surface area (Å²) in [6.45, 7) is 7.89. The average molecular weight is 144 g/mol.